The van der Waals surface area contributed by atoms with E-state index in [0.717, 1.165) is 36.2 Å². The van der Waals surface area contributed by atoms with Gasteiger partial charge in [-0.3, -0.25) is 9.48 Å². The molecule has 2 atom stereocenters. The van der Waals surface area contributed by atoms with Gasteiger partial charge in [0.05, 0.1) is 17.9 Å². The number of nitrogens with zero attached hydrogens (tertiary/aromatic N) is 2. The second kappa shape index (κ2) is 4.63. The van der Waals surface area contributed by atoms with Gasteiger partial charge in [0.15, 0.2) is 0 Å². The van der Waals surface area contributed by atoms with Crippen LogP contribution in [0.4, 0.5) is 0 Å². The van der Waals surface area contributed by atoms with Crippen LogP contribution >= 0.6 is 0 Å². The van der Waals surface area contributed by atoms with E-state index in [4.69, 9.17) is 4.74 Å². The normalized spacial score (nSPS) is 26.1. The lowest BCUT2D eigenvalue weighted by Crippen LogP contribution is -2.30. The lowest BCUT2D eigenvalue weighted by molar-refractivity contribution is -0.00712. The molecule has 1 amide bonds. The summed E-state index contributed by atoms with van der Waals surface area (Å²) >= 11 is 0. The third kappa shape index (κ3) is 2.27. The molecule has 1 fully saturated rings. The van der Waals surface area contributed by atoms with Crippen molar-refractivity contribution in [3.63, 3.8) is 0 Å². The van der Waals surface area contributed by atoms with Crippen LogP contribution in [0.25, 0.3) is 0 Å². The molecule has 0 bridgehead atoms. The number of carbonyl (C=O) groups is 1. The van der Waals surface area contributed by atoms with Crippen molar-refractivity contribution in [2.24, 2.45) is 0 Å². The van der Waals surface area contributed by atoms with Gasteiger partial charge in [-0.1, -0.05) is 0 Å². The van der Waals surface area contributed by atoms with Gasteiger partial charge in [-0.2, -0.15) is 5.10 Å². The maximum Gasteiger partial charge on any atom is 0.270 e. The van der Waals surface area contributed by atoms with Crippen LogP contribution in [-0.2, 0) is 17.7 Å². The Morgan fingerprint density at radius 1 is 1.47 bits per heavy atom. The van der Waals surface area contributed by atoms with Crippen LogP contribution in [0.5, 0.6) is 0 Å². The van der Waals surface area contributed by atoms with Gasteiger partial charge < -0.3 is 10.1 Å². The summed E-state index contributed by atoms with van der Waals surface area (Å²) in [4.78, 5) is 12.4. The lowest BCUT2D eigenvalue weighted by atomic mass is 9.99. The van der Waals surface area contributed by atoms with Gasteiger partial charge in [0.1, 0.15) is 5.69 Å². The van der Waals surface area contributed by atoms with Crippen LogP contribution in [0.1, 0.15) is 61.5 Å². The van der Waals surface area contributed by atoms with Crippen molar-refractivity contribution in [2.75, 3.05) is 0 Å². The summed E-state index contributed by atoms with van der Waals surface area (Å²) < 4.78 is 7.61. The number of hydrogen-bond donors (Lipinski definition) is 1. The number of nitrogens with one attached hydrogen (secondary N) is 1. The molecule has 1 N–H and O–H groups in total. The van der Waals surface area contributed by atoms with Crippen molar-refractivity contribution in [1.29, 1.82) is 0 Å². The Bertz CT molecular complexity index is 505. The quantitative estimate of drug-likeness (QED) is 0.905. The van der Waals surface area contributed by atoms with E-state index >= 15 is 0 Å². The Kier molecular flexibility index (Phi) is 3.09. The molecule has 104 valence electrons. The molecule has 0 spiro atoms. The zero-order valence-corrected chi connectivity index (χ0v) is 11.8. The largest absolute Gasteiger partial charge is 0.369 e. The van der Waals surface area contributed by atoms with E-state index < -0.39 is 0 Å². The summed E-state index contributed by atoms with van der Waals surface area (Å²) in [6.45, 7) is 6.78. The molecule has 0 radical (unpaired) electrons. The van der Waals surface area contributed by atoms with Crippen LogP contribution in [-0.4, -0.2) is 27.8 Å². The molecule has 5 nitrogen and oxygen atoms in total. The van der Waals surface area contributed by atoms with Crippen molar-refractivity contribution in [1.82, 2.24) is 15.1 Å². The van der Waals surface area contributed by atoms with Gasteiger partial charge in [-0.25, -0.2) is 0 Å². The number of amides is 1. The Hall–Kier alpha value is -1.36. The highest BCUT2D eigenvalue weighted by atomic mass is 16.5. The fourth-order valence-electron chi connectivity index (χ4n) is 2.76. The first-order valence-electron chi connectivity index (χ1n) is 7.16. The molecule has 1 aromatic rings. The third-order valence-corrected chi connectivity index (χ3v) is 3.82. The van der Waals surface area contributed by atoms with E-state index in [-0.39, 0.29) is 18.1 Å². The van der Waals surface area contributed by atoms with Crippen molar-refractivity contribution in [3.8, 4) is 0 Å². The van der Waals surface area contributed by atoms with E-state index in [2.05, 4.69) is 10.4 Å². The number of aromatic nitrogens is 2. The molecule has 2 heterocycles. The monoisotopic (exact) mass is 263 g/mol. The predicted molar refractivity (Wildman–Crippen MR) is 71.1 cm³/mol. The maximum atomic E-state index is 12.4. The summed E-state index contributed by atoms with van der Waals surface area (Å²) in [5, 5.41) is 7.63. The zero-order chi connectivity index (χ0) is 13.6. The highest BCUT2D eigenvalue weighted by Crippen LogP contribution is 2.32. The molecule has 3 rings (SSSR count). The number of fused-ring (bicyclic) bond motifs is 1. The first-order chi connectivity index (χ1) is 9.10. The van der Waals surface area contributed by atoms with Gasteiger partial charge in [-0.15, -0.1) is 0 Å². The molecule has 0 unspecified atom stereocenters. The van der Waals surface area contributed by atoms with E-state index in [0.29, 0.717) is 12.6 Å². The van der Waals surface area contributed by atoms with Crippen LogP contribution in [0, 0.1) is 0 Å². The van der Waals surface area contributed by atoms with E-state index in [1.54, 1.807) is 0 Å². The van der Waals surface area contributed by atoms with Gasteiger partial charge in [0.25, 0.3) is 5.91 Å². The van der Waals surface area contributed by atoms with Crippen molar-refractivity contribution in [2.45, 2.75) is 64.8 Å². The maximum absolute atomic E-state index is 12.4. The van der Waals surface area contributed by atoms with Crippen LogP contribution < -0.4 is 5.32 Å². The molecule has 1 saturated carbocycles. The van der Waals surface area contributed by atoms with Crippen LogP contribution in [0.2, 0.25) is 0 Å². The summed E-state index contributed by atoms with van der Waals surface area (Å²) in [5.41, 5.74) is 2.75. The topological polar surface area (TPSA) is 56.2 Å². The molecule has 1 aliphatic carbocycles. The van der Waals surface area contributed by atoms with E-state index in [9.17, 15) is 4.79 Å². The summed E-state index contributed by atoms with van der Waals surface area (Å²) in [5.74, 6) is 0.0272. The molecule has 19 heavy (non-hydrogen) atoms. The minimum atomic E-state index is -0.0287. The molecule has 0 saturated heterocycles. The molecular formula is C14H21N3O2. The summed E-state index contributed by atoms with van der Waals surface area (Å²) in [7, 11) is 0. The molecule has 2 aliphatic rings. The summed E-state index contributed by atoms with van der Waals surface area (Å²) in [6, 6.07) is 0.373. The first kappa shape index (κ1) is 12.7. The van der Waals surface area contributed by atoms with Crippen molar-refractivity contribution < 1.29 is 9.53 Å². The van der Waals surface area contributed by atoms with Crippen LogP contribution in [0.15, 0.2) is 0 Å². The fraction of sp³-hybridized carbons (Fsp3) is 0.714. The lowest BCUT2D eigenvalue weighted by Gasteiger charge is -2.24. The van der Waals surface area contributed by atoms with E-state index in [1.165, 1.54) is 0 Å². The zero-order valence-electron chi connectivity index (χ0n) is 11.8. The third-order valence-electron chi connectivity index (χ3n) is 3.82. The average Bonchev–Trinajstić information content (AvgIpc) is 3.07. The smallest absolute Gasteiger partial charge is 0.270 e. The van der Waals surface area contributed by atoms with Crippen LogP contribution in [0.3, 0.4) is 0 Å². The Morgan fingerprint density at radius 3 is 2.84 bits per heavy atom. The minimum absolute atomic E-state index is 0.0272. The fourth-order valence-corrected chi connectivity index (χ4v) is 2.76. The van der Waals surface area contributed by atoms with Crippen molar-refractivity contribution >= 4 is 5.91 Å². The molecule has 0 aromatic carbocycles. The number of rotatable bonds is 3. The number of aryl methyl sites for hydroxylation is 1. The van der Waals surface area contributed by atoms with Gasteiger partial charge in [0.2, 0.25) is 0 Å². The molecule has 1 aliphatic heterocycles. The first-order valence-corrected chi connectivity index (χ1v) is 7.16. The minimum Gasteiger partial charge on any atom is -0.369 e. The van der Waals surface area contributed by atoms with Gasteiger partial charge in [0, 0.05) is 24.6 Å². The second-order valence-electron chi connectivity index (χ2n) is 5.57. The number of ether oxygens (including phenoxy) is 1. The molecule has 1 aromatic heterocycles. The highest BCUT2D eigenvalue weighted by molar-refractivity contribution is 5.94. The van der Waals surface area contributed by atoms with Crippen molar-refractivity contribution in [3.05, 3.63) is 17.0 Å². The average molecular weight is 263 g/mol. The number of hydrogen-bond acceptors (Lipinski definition) is 3. The Labute approximate surface area is 113 Å². The SMILES string of the molecule is CCn1nc2c(c1C(=O)NC1CC1)C[C@H](C)O[C@@H]2C. The highest BCUT2D eigenvalue weighted by Gasteiger charge is 2.33. The Balaban J connectivity index is 1.98. The van der Waals surface area contributed by atoms with Gasteiger partial charge in [-0.05, 0) is 33.6 Å². The summed E-state index contributed by atoms with van der Waals surface area (Å²) in [6.07, 6.45) is 3.09. The standard InChI is InChI=1S/C14H21N3O2/c1-4-17-13(14(18)15-10-5-6-10)11-7-8(2)19-9(3)12(11)16-17/h8-10H,4-7H2,1-3H3,(H,15,18)/t8-,9+/m0/s1. The Morgan fingerprint density at radius 2 is 2.21 bits per heavy atom. The molecular weight excluding hydrogens is 242 g/mol. The number of carbonyl (C=O) groups excluding carboxylic acids is 1. The second-order valence-corrected chi connectivity index (χ2v) is 5.57. The molecule has 5 heteroatoms. The van der Waals surface area contributed by atoms with E-state index in [1.807, 2.05) is 25.5 Å². The van der Waals surface area contributed by atoms with Gasteiger partial charge >= 0.3 is 0 Å². The predicted octanol–water partition coefficient (Wildman–Crippen LogP) is 1.82.